The summed E-state index contributed by atoms with van der Waals surface area (Å²) in [5.74, 6) is 0. The quantitative estimate of drug-likeness (QED) is 0.656. The second-order valence-corrected chi connectivity index (χ2v) is 3.48. The van der Waals surface area contributed by atoms with Crippen LogP contribution >= 0.6 is 23.4 Å². The third-order valence-corrected chi connectivity index (χ3v) is 2.58. The number of hydrogen-bond acceptors (Lipinski definition) is 2. The van der Waals surface area contributed by atoms with Gasteiger partial charge in [0.15, 0.2) is 10.3 Å². The largest absolute Gasteiger partial charge is 0.293 e. The van der Waals surface area contributed by atoms with Gasteiger partial charge in [0.1, 0.15) is 0 Å². The van der Waals surface area contributed by atoms with Crippen molar-refractivity contribution in [3.8, 4) is 0 Å². The van der Waals surface area contributed by atoms with Crippen LogP contribution in [0, 0.1) is 0 Å². The summed E-state index contributed by atoms with van der Waals surface area (Å²) in [6, 6.07) is 5.87. The molecule has 0 aliphatic heterocycles. The van der Waals surface area contributed by atoms with Crippen molar-refractivity contribution in [2.24, 2.45) is 0 Å². The molecule has 2 nitrogen and oxygen atoms in total. The molecule has 4 heteroatoms. The van der Waals surface area contributed by atoms with Gasteiger partial charge in [-0.2, -0.15) is 0 Å². The Kier molecular flexibility index (Phi) is 1.98. The maximum Gasteiger partial charge on any atom is 0.173 e. The smallest absolute Gasteiger partial charge is 0.173 e. The molecule has 12 heavy (non-hydrogen) atoms. The molecule has 0 saturated heterocycles. The summed E-state index contributed by atoms with van der Waals surface area (Å²) in [5, 5.41) is 1.50. The summed E-state index contributed by atoms with van der Waals surface area (Å²) >= 11 is 7.50. The zero-order valence-corrected chi connectivity index (χ0v) is 8.06. The molecule has 0 atom stereocenters. The number of fused-ring (bicyclic) bond motifs is 1. The molecule has 0 aliphatic carbocycles. The van der Waals surface area contributed by atoms with Crippen LogP contribution in [0.25, 0.3) is 5.52 Å². The molecule has 62 valence electrons. The predicted molar refractivity (Wildman–Crippen MR) is 52.0 cm³/mol. The molecule has 0 spiro atoms. The standard InChI is InChI=1S/C8H7ClN2S/c1-12-8-10-7(9)6-4-2-3-5-11(6)8/h2-5H,1H3. The number of aromatic nitrogens is 2. The van der Waals surface area contributed by atoms with Crippen LogP contribution in [0.15, 0.2) is 29.6 Å². The van der Waals surface area contributed by atoms with Crippen LogP contribution in [0.4, 0.5) is 0 Å². The first-order chi connectivity index (χ1) is 5.83. The first-order valence-corrected chi connectivity index (χ1v) is 5.10. The van der Waals surface area contributed by atoms with E-state index < -0.39 is 0 Å². The Morgan fingerprint density at radius 3 is 3.08 bits per heavy atom. The van der Waals surface area contributed by atoms with Gasteiger partial charge in [0.2, 0.25) is 0 Å². The molecule has 2 rings (SSSR count). The summed E-state index contributed by atoms with van der Waals surface area (Å²) in [7, 11) is 0. The van der Waals surface area contributed by atoms with E-state index in [-0.39, 0.29) is 0 Å². The van der Waals surface area contributed by atoms with Crippen LogP contribution in [0.1, 0.15) is 0 Å². The van der Waals surface area contributed by atoms with E-state index in [1.165, 1.54) is 0 Å². The third-order valence-electron chi connectivity index (χ3n) is 1.65. The van der Waals surface area contributed by atoms with Crippen LogP contribution in [0.2, 0.25) is 5.15 Å². The maximum atomic E-state index is 5.91. The highest BCUT2D eigenvalue weighted by Gasteiger charge is 2.05. The highest BCUT2D eigenvalue weighted by Crippen LogP contribution is 2.22. The summed E-state index contributed by atoms with van der Waals surface area (Å²) in [6.07, 6.45) is 3.94. The topological polar surface area (TPSA) is 17.3 Å². The van der Waals surface area contributed by atoms with Gasteiger partial charge in [0.25, 0.3) is 0 Å². The minimum Gasteiger partial charge on any atom is -0.293 e. The van der Waals surface area contributed by atoms with E-state index >= 15 is 0 Å². The van der Waals surface area contributed by atoms with Gasteiger partial charge in [0.05, 0.1) is 5.52 Å². The van der Waals surface area contributed by atoms with Gasteiger partial charge < -0.3 is 0 Å². The van der Waals surface area contributed by atoms with Gasteiger partial charge in [-0.3, -0.25) is 4.40 Å². The minimum atomic E-state index is 0.569. The first-order valence-electron chi connectivity index (χ1n) is 3.49. The number of thioether (sulfide) groups is 1. The van der Waals surface area contributed by atoms with Gasteiger partial charge in [0, 0.05) is 6.20 Å². The molecule has 2 heterocycles. The summed E-state index contributed by atoms with van der Waals surface area (Å²) in [4.78, 5) is 4.20. The van der Waals surface area contributed by atoms with Gasteiger partial charge >= 0.3 is 0 Å². The summed E-state index contributed by atoms with van der Waals surface area (Å²) < 4.78 is 1.98. The van der Waals surface area contributed by atoms with E-state index in [2.05, 4.69) is 4.98 Å². The normalized spacial score (nSPS) is 10.8. The summed E-state index contributed by atoms with van der Waals surface area (Å²) in [5.41, 5.74) is 0.962. The second-order valence-electron chi connectivity index (χ2n) is 2.35. The highest BCUT2D eigenvalue weighted by atomic mass is 35.5. The molecule has 2 aromatic rings. The molecular formula is C8H7ClN2S. The Balaban J connectivity index is 2.82. The number of hydrogen-bond donors (Lipinski definition) is 0. The molecule has 0 saturated carbocycles. The van der Waals surface area contributed by atoms with Crippen molar-refractivity contribution in [3.63, 3.8) is 0 Å². The van der Waals surface area contributed by atoms with Crippen LogP contribution in [-0.2, 0) is 0 Å². The van der Waals surface area contributed by atoms with E-state index in [1.807, 2.05) is 35.1 Å². The van der Waals surface area contributed by atoms with Crippen molar-refractivity contribution in [1.82, 2.24) is 9.38 Å². The van der Waals surface area contributed by atoms with E-state index in [0.29, 0.717) is 5.15 Å². The van der Waals surface area contributed by atoms with Crippen LogP contribution in [-0.4, -0.2) is 15.6 Å². The molecule has 0 amide bonds. The Morgan fingerprint density at radius 1 is 1.50 bits per heavy atom. The molecule has 0 unspecified atom stereocenters. The average molecular weight is 199 g/mol. The second kappa shape index (κ2) is 2.99. The van der Waals surface area contributed by atoms with Gasteiger partial charge in [-0.15, -0.1) is 0 Å². The number of imidazole rings is 1. The van der Waals surface area contributed by atoms with Crippen molar-refractivity contribution in [2.45, 2.75) is 5.16 Å². The van der Waals surface area contributed by atoms with E-state index in [0.717, 1.165) is 10.7 Å². The van der Waals surface area contributed by atoms with E-state index in [1.54, 1.807) is 11.8 Å². The lowest BCUT2D eigenvalue weighted by Crippen LogP contribution is -1.83. The van der Waals surface area contributed by atoms with Crippen LogP contribution in [0.5, 0.6) is 0 Å². The molecule has 0 fully saturated rings. The average Bonchev–Trinajstić information content (AvgIpc) is 2.44. The predicted octanol–water partition coefficient (Wildman–Crippen LogP) is 2.71. The van der Waals surface area contributed by atoms with E-state index in [4.69, 9.17) is 11.6 Å². The highest BCUT2D eigenvalue weighted by molar-refractivity contribution is 7.98. The molecule has 2 aromatic heterocycles. The fraction of sp³-hybridized carbons (Fsp3) is 0.125. The third kappa shape index (κ3) is 1.09. The number of halogens is 1. The Hall–Kier alpha value is -0.670. The van der Waals surface area contributed by atoms with E-state index in [9.17, 15) is 0 Å². The van der Waals surface area contributed by atoms with Gasteiger partial charge in [-0.1, -0.05) is 29.4 Å². The maximum absolute atomic E-state index is 5.91. The SMILES string of the molecule is CSc1nc(Cl)c2ccccn12. The zero-order valence-electron chi connectivity index (χ0n) is 6.49. The minimum absolute atomic E-state index is 0.569. The summed E-state index contributed by atoms with van der Waals surface area (Å²) in [6.45, 7) is 0. The fourth-order valence-corrected chi connectivity index (χ4v) is 1.94. The van der Waals surface area contributed by atoms with Crippen molar-refractivity contribution in [2.75, 3.05) is 6.26 Å². The van der Waals surface area contributed by atoms with Gasteiger partial charge in [-0.05, 0) is 18.4 Å². The number of nitrogens with zero attached hydrogens (tertiary/aromatic N) is 2. The van der Waals surface area contributed by atoms with Crippen molar-refractivity contribution < 1.29 is 0 Å². The van der Waals surface area contributed by atoms with Gasteiger partial charge in [-0.25, -0.2) is 4.98 Å². The first kappa shape index (κ1) is 7.95. The molecule has 0 aromatic carbocycles. The molecule has 0 N–H and O–H groups in total. The molecule has 0 aliphatic rings. The van der Waals surface area contributed by atoms with Crippen LogP contribution in [0.3, 0.4) is 0 Å². The number of pyridine rings is 1. The Bertz CT molecular complexity index is 410. The molecule has 0 bridgehead atoms. The Labute approximate surface area is 79.6 Å². The zero-order chi connectivity index (χ0) is 8.55. The Morgan fingerprint density at radius 2 is 2.33 bits per heavy atom. The fourth-order valence-electron chi connectivity index (χ4n) is 1.12. The number of rotatable bonds is 1. The van der Waals surface area contributed by atoms with Crippen molar-refractivity contribution in [1.29, 1.82) is 0 Å². The monoisotopic (exact) mass is 198 g/mol. The molecular weight excluding hydrogens is 192 g/mol. The van der Waals surface area contributed by atoms with Crippen molar-refractivity contribution >= 4 is 28.9 Å². The lowest BCUT2D eigenvalue weighted by Gasteiger charge is -1.94. The molecule has 0 radical (unpaired) electrons. The lowest BCUT2D eigenvalue weighted by atomic mass is 10.4. The van der Waals surface area contributed by atoms with Crippen molar-refractivity contribution in [3.05, 3.63) is 29.5 Å². The lowest BCUT2D eigenvalue weighted by molar-refractivity contribution is 0.961. The van der Waals surface area contributed by atoms with Crippen LogP contribution < -0.4 is 0 Å².